The SMILES string of the molecule is COc1ccc(C=NNC(=O)c2cc3ccc(OC)cc3[nH]2)cc1. The van der Waals surface area contributed by atoms with Gasteiger partial charge in [-0.1, -0.05) is 0 Å². The summed E-state index contributed by atoms with van der Waals surface area (Å²) >= 11 is 0. The van der Waals surface area contributed by atoms with Gasteiger partial charge in [0.15, 0.2) is 0 Å². The molecule has 0 bridgehead atoms. The van der Waals surface area contributed by atoms with Gasteiger partial charge in [-0.25, -0.2) is 5.43 Å². The lowest BCUT2D eigenvalue weighted by Gasteiger charge is -1.99. The molecule has 0 aliphatic rings. The summed E-state index contributed by atoms with van der Waals surface area (Å²) in [6.45, 7) is 0. The third kappa shape index (κ3) is 3.38. The smallest absolute Gasteiger partial charge is 0.287 e. The van der Waals surface area contributed by atoms with Crippen molar-refractivity contribution in [2.45, 2.75) is 0 Å². The number of hydrogen-bond acceptors (Lipinski definition) is 4. The van der Waals surface area contributed by atoms with E-state index in [0.29, 0.717) is 5.69 Å². The van der Waals surface area contributed by atoms with E-state index in [-0.39, 0.29) is 5.91 Å². The molecule has 0 spiro atoms. The van der Waals surface area contributed by atoms with E-state index in [0.717, 1.165) is 28.0 Å². The number of amides is 1. The van der Waals surface area contributed by atoms with Crippen LogP contribution in [0.25, 0.3) is 10.9 Å². The van der Waals surface area contributed by atoms with Crippen molar-refractivity contribution in [1.29, 1.82) is 0 Å². The Morgan fingerprint density at radius 3 is 2.46 bits per heavy atom. The van der Waals surface area contributed by atoms with Crippen LogP contribution in [0.3, 0.4) is 0 Å². The third-order valence-electron chi connectivity index (χ3n) is 3.57. The number of carbonyl (C=O) groups excluding carboxylic acids is 1. The fraction of sp³-hybridized carbons (Fsp3) is 0.111. The van der Waals surface area contributed by atoms with Gasteiger partial charge in [-0.3, -0.25) is 4.79 Å². The largest absolute Gasteiger partial charge is 0.497 e. The molecule has 1 heterocycles. The maximum Gasteiger partial charge on any atom is 0.287 e. The number of hydrazone groups is 1. The lowest BCUT2D eigenvalue weighted by molar-refractivity contribution is 0.0951. The molecule has 2 N–H and O–H groups in total. The van der Waals surface area contributed by atoms with Crippen LogP contribution in [0.5, 0.6) is 11.5 Å². The van der Waals surface area contributed by atoms with Gasteiger partial charge >= 0.3 is 0 Å². The Morgan fingerprint density at radius 1 is 1.04 bits per heavy atom. The number of rotatable bonds is 5. The van der Waals surface area contributed by atoms with Gasteiger partial charge in [-0.15, -0.1) is 0 Å². The second-order valence-corrected chi connectivity index (χ2v) is 5.11. The maximum atomic E-state index is 12.2. The van der Waals surface area contributed by atoms with Crippen molar-refractivity contribution in [2.75, 3.05) is 14.2 Å². The van der Waals surface area contributed by atoms with Crippen molar-refractivity contribution in [3.63, 3.8) is 0 Å². The van der Waals surface area contributed by atoms with Gasteiger partial charge in [-0.05, 0) is 48.0 Å². The Balaban J connectivity index is 1.68. The van der Waals surface area contributed by atoms with Crippen LogP contribution in [0.2, 0.25) is 0 Å². The number of nitrogens with one attached hydrogen (secondary N) is 2. The zero-order valence-corrected chi connectivity index (χ0v) is 13.4. The minimum Gasteiger partial charge on any atom is -0.497 e. The van der Waals surface area contributed by atoms with Crippen LogP contribution in [0.15, 0.2) is 53.6 Å². The monoisotopic (exact) mass is 323 g/mol. The zero-order valence-electron chi connectivity index (χ0n) is 13.4. The van der Waals surface area contributed by atoms with Crippen molar-refractivity contribution in [2.24, 2.45) is 5.10 Å². The zero-order chi connectivity index (χ0) is 16.9. The van der Waals surface area contributed by atoms with E-state index in [2.05, 4.69) is 15.5 Å². The van der Waals surface area contributed by atoms with Crippen LogP contribution < -0.4 is 14.9 Å². The molecule has 3 rings (SSSR count). The molecule has 1 amide bonds. The van der Waals surface area contributed by atoms with E-state index in [4.69, 9.17) is 9.47 Å². The maximum absolute atomic E-state index is 12.2. The molecule has 3 aromatic rings. The normalized spacial score (nSPS) is 10.9. The van der Waals surface area contributed by atoms with Gasteiger partial charge < -0.3 is 14.5 Å². The average Bonchev–Trinajstić information content (AvgIpc) is 3.05. The number of aromatic amines is 1. The summed E-state index contributed by atoms with van der Waals surface area (Å²) in [5.41, 5.74) is 4.63. The van der Waals surface area contributed by atoms with Crippen LogP contribution in [0.4, 0.5) is 0 Å². The van der Waals surface area contributed by atoms with E-state index >= 15 is 0 Å². The molecule has 6 heteroatoms. The first-order valence-corrected chi connectivity index (χ1v) is 7.34. The second kappa shape index (κ2) is 6.87. The molecule has 122 valence electrons. The molecule has 6 nitrogen and oxygen atoms in total. The molecular formula is C18H17N3O3. The van der Waals surface area contributed by atoms with Crippen LogP contribution >= 0.6 is 0 Å². The first-order chi connectivity index (χ1) is 11.7. The quantitative estimate of drug-likeness (QED) is 0.560. The number of nitrogens with zero attached hydrogens (tertiary/aromatic N) is 1. The Kier molecular flexibility index (Phi) is 4.47. The highest BCUT2D eigenvalue weighted by atomic mass is 16.5. The molecule has 0 radical (unpaired) electrons. The fourth-order valence-corrected chi connectivity index (χ4v) is 2.27. The molecule has 2 aromatic carbocycles. The van der Waals surface area contributed by atoms with Gasteiger partial charge in [0.05, 0.1) is 20.4 Å². The Bertz CT molecular complexity index is 882. The number of fused-ring (bicyclic) bond motifs is 1. The van der Waals surface area contributed by atoms with E-state index in [1.807, 2.05) is 42.5 Å². The first kappa shape index (κ1) is 15.6. The van der Waals surface area contributed by atoms with Crippen molar-refractivity contribution < 1.29 is 14.3 Å². The summed E-state index contributed by atoms with van der Waals surface area (Å²) in [6, 6.07) is 14.7. The molecule has 0 aliphatic heterocycles. The minimum atomic E-state index is -0.310. The highest BCUT2D eigenvalue weighted by Crippen LogP contribution is 2.21. The molecule has 0 saturated heterocycles. The Morgan fingerprint density at radius 2 is 1.75 bits per heavy atom. The molecule has 24 heavy (non-hydrogen) atoms. The lowest BCUT2D eigenvalue weighted by Crippen LogP contribution is -2.17. The number of carbonyl (C=O) groups is 1. The molecule has 0 aliphatic carbocycles. The van der Waals surface area contributed by atoms with E-state index in [1.54, 1.807) is 26.5 Å². The molecule has 0 unspecified atom stereocenters. The lowest BCUT2D eigenvalue weighted by atomic mass is 10.2. The number of aromatic nitrogens is 1. The summed E-state index contributed by atoms with van der Waals surface area (Å²) in [7, 11) is 3.21. The predicted octanol–water partition coefficient (Wildman–Crippen LogP) is 2.95. The van der Waals surface area contributed by atoms with Crippen molar-refractivity contribution in [1.82, 2.24) is 10.4 Å². The van der Waals surface area contributed by atoms with Gasteiger partial charge in [0.2, 0.25) is 0 Å². The highest BCUT2D eigenvalue weighted by molar-refractivity contribution is 5.98. The third-order valence-corrected chi connectivity index (χ3v) is 3.57. The number of ether oxygens (including phenoxy) is 2. The van der Waals surface area contributed by atoms with Crippen LogP contribution in [-0.4, -0.2) is 31.3 Å². The van der Waals surface area contributed by atoms with Crippen molar-refractivity contribution >= 4 is 23.0 Å². The summed E-state index contributed by atoms with van der Waals surface area (Å²) < 4.78 is 10.3. The van der Waals surface area contributed by atoms with E-state index in [9.17, 15) is 4.79 Å². The Hall–Kier alpha value is -3.28. The second-order valence-electron chi connectivity index (χ2n) is 5.11. The fourth-order valence-electron chi connectivity index (χ4n) is 2.27. The first-order valence-electron chi connectivity index (χ1n) is 7.34. The molecule has 0 atom stereocenters. The Labute approximate surface area is 139 Å². The van der Waals surface area contributed by atoms with Gasteiger partial charge in [0.25, 0.3) is 5.91 Å². The van der Waals surface area contributed by atoms with Crippen LogP contribution in [-0.2, 0) is 0 Å². The number of H-pyrrole nitrogens is 1. The molecule has 0 saturated carbocycles. The van der Waals surface area contributed by atoms with Gasteiger partial charge in [0, 0.05) is 17.0 Å². The van der Waals surface area contributed by atoms with Crippen molar-refractivity contribution in [3.8, 4) is 11.5 Å². The summed E-state index contributed by atoms with van der Waals surface area (Å²) in [5.74, 6) is 1.19. The molecular weight excluding hydrogens is 306 g/mol. The van der Waals surface area contributed by atoms with E-state index < -0.39 is 0 Å². The number of benzene rings is 2. The molecule has 1 aromatic heterocycles. The highest BCUT2D eigenvalue weighted by Gasteiger charge is 2.09. The molecule has 0 fully saturated rings. The summed E-state index contributed by atoms with van der Waals surface area (Å²) in [5, 5.41) is 4.90. The minimum absolute atomic E-state index is 0.310. The predicted molar refractivity (Wildman–Crippen MR) is 92.9 cm³/mol. The average molecular weight is 323 g/mol. The standard InChI is InChI=1S/C18H17N3O3/c1-23-14-6-3-12(4-7-14)11-19-21-18(22)17-9-13-5-8-15(24-2)10-16(13)20-17/h3-11,20H,1-2H3,(H,21,22). The van der Waals surface area contributed by atoms with Crippen LogP contribution in [0, 0.1) is 0 Å². The topological polar surface area (TPSA) is 75.7 Å². The van der Waals surface area contributed by atoms with Crippen LogP contribution in [0.1, 0.15) is 16.1 Å². The number of hydrogen-bond donors (Lipinski definition) is 2. The van der Waals surface area contributed by atoms with E-state index in [1.165, 1.54) is 0 Å². The van der Waals surface area contributed by atoms with Gasteiger partial charge in [-0.2, -0.15) is 5.10 Å². The summed E-state index contributed by atoms with van der Waals surface area (Å²) in [6.07, 6.45) is 1.57. The van der Waals surface area contributed by atoms with Gasteiger partial charge in [0.1, 0.15) is 17.2 Å². The van der Waals surface area contributed by atoms with Crippen molar-refractivity contribution in [3.05, 3.63) is 59.8 Å². The number of methoxy groups -OCH3 is 2. The summed E-state index contributed by atoms with van der Waals surface area (Å²) in [4.78, 5) is 15.2.